The van der Waals surface area contributed by atoms with Crippen molar-refractivity contribution in [3.63, 3.8) is 0 Å². The molecule has 1 atom stereocenters. The van der Waals surface area contributed by atoms with Crippen molar-refractivity contribution in [1.29, 1.82) is 0 Å². The smallest absolute Gasteiger partial charge is 0.323 e. The zero-order valence-corrected chi connectivity index (χ0v) is 9.33. The zero-order chi connectivity index (χ0) is 11.1. The van der Waals surface area contributed by atoms with Crippen molar-refractivity contribution in [2.24, 2.45) is 5.73 Å². The highest BCUT2D eigenvalue weighted by molar-refractivity contribution is 7.98. The molecule has 0 bridgehead atoms. The van der Waals surface area contributed by atoms with Crippen LogP contribution >= 0.6 is 11.8 Å². The van der Waals surface area contributed by atoms with E-state index in [0.29, 0.717) is 12.4 Å². The Morgan fingerprint density at radius 3 is 3.20 bits per heavy atom. The van der Waals surface area contributed by atoms with E-state index >= 15 is 0 Å². The Kier molecular flexibility index (Phi) is 5.20. The summed E-state index contributed by atoms with van der Waals surface area (Å²) in [6, 6.07) is -0.560. The largest absolute Gasteiger partial charge is 0.465 e. The minimum Gasteiger partial charge on any atom is -0.465 e. The number of aromatic nitrogens is 1. The molecule has 5 nitrogen and oxygen atoms in total. The van der Waals surface area contributed by atoms with Gasteiger partial charge in [-0.25, -0.2) is 0 Å². The maximum Gasteiger partial charge on any atom is 0.323 e. The molecule has 1 aromatic rings. The summed E-state index contributed by atoms with van der Waals surface area (Å²) >= 11 is 1.55. The number of hydrogen-bond donors (Lipinski definition) is 1. The normalized spacial score (nSPS) is 12.4. The average molecular weight is 230 g/mol. The first-order valence-electron chi connectivity index (χ1n) is 4.62. The molecule has 0 radical (unpaired) electrons. The standard InChI is InChI=1S/C9H14N2O3S/c1-2-13-9(12)8(10)6-15-5-7-3-11-14-4-7/h3-4,8H,2,5-6,10H2,1H3. The fourth-order valence-corrected chi connectivity index (χ4v) is 1.81. The number of carbonyl (C=O) groups excluding carboxylic acids is 1. The third-order valence-electron chi connectivity index (χ3n) is 1.64. The van der Waals surface area contributed by atoms with E-state index in [9.17, 15) is 4.79 Å². The highest BCUT2D eigenvalue weighted by atomic mass is 32.2. The third-order valence-corrected chi connectivity index (χ3v) is 2.77. The van der Waals surface area contributed by atoms with E-state index in [4.69, 9.17) is 10.5 Å². The summed E-state index contributed by atoms with van der Waals surface area (Å²) in [7, 11) is 0. The number of rotatable bonds is 6. The lowest BCUT2D eigenvalue weighted by Crippen LogP contribution is -2.34. The molecular weight excluding hydrogens is 216 g/mol. The molecular formula is C9H14N2O3S. The molecule has 1 unspecified atom stereocenters. The fraction of sp³-hybridized carbons (Fsp3) is 0.556. The van der Waals surface area contributed by atoms with Gasteiger partial charge < -0.3 is 15.0 Å². The molecule has 1 rings (SSSR count). The molecule has 0 saturated carbocycles. The van der Waals surface area contributed by atoms with Crippen LogP contribution in [0.3, 0.4) is 0 Å². The first-order chi connectivity index (χ1) is 7.24. The van der Waals surface area contributed by atoms with Gasteiger partial charge in [0.05, 0.1) is 12.8 Å². The number of esters is 1. The van der Waals surface area contributed by atoms with Gasteiger partial charge in [0.1, 0.15) is 12.3 Å². The van der Waals surface area contributed by atoms with Crippen molar-refractivity contribution in [3.8, 4) is 0 Å². The summed E-state index contributed by atoms with van der Waals surface area (Å²) in [5, 5.41) is 3.57. The van der Waals surface area contributed by atoms with Crippen LogP contribution in [0, 0.1) is 0 Å². The quantitative estimate of drug-likeness (QED) is 0.728. The summed E-state index contributed by atoms with van der Waals surface area (Å²) in [5.74, 6) is 0.913. The van der Waals surface area contributed by atoms with Gasteiger partial charge >= 0.3 is 5.97 Å². The van der Waals surface area contributed by atoms with Gasteiger partial charge in [0.15, 0.2) is 0 Å². The van der Waals surface area contributed by atoms with E-state index in [2.05, 4.69) is 9.68 Å². The van der Waals surface area contributed by atoms with Crippen molar-refractivity contribution >= 4 is 17.7 Å². The molecule has 0 aliphatic carbocycles. The van der Waals surface area contributed by atoms with Crippen LogP contribution < -0.4 is 5.73 Å². The molecule has 0 saturated heterocycles. The number of nitrogens with zero attached hydrogens (tertiary/aromatic N) is 1. The Bertz CT molecular complexity index is 290. The lowest BCUT2D eigenvalue weighted by molar-refractivity contribution is -0.144. The monoisotopic (exact) mass is 230 g/mol. The Morgan fingerprint density at radius 1 is 1.80 bits per heavy atom. The zero-order valence-electron chi connectivity index (χ0n) is 8.51. The van der Waals surface area contributed by atoms with E-state index in [1.165, 1.54) is 0 Å². The van der Waals surface area contributed by atoms with Gasteiger partial charge in [0.2, 0.25) is 0 Å². The molecule has 0 aliphatic heterocycles. The molecule has 0 aromatic carbocycles. The van der Waals surface area contributed by atoms with Gasteiger partial charge in [0, 0.05) is 17.1 Å². The average Bonchev–Trinajstić information content (AvgIpc) is 2.71. The first-order valence-corrected chi connectivity index (χ1v) is 5.77. The molecule has 0 aliphatic rings. The van der Waals surface area contributed by atoms with Gasteiger partial charge in [-0.2, -0.15) is 11.8 Å². The molecule has 15 heavy (non-hydrogen) atoms. The Balaban J connectivity index is 2.17. The number of ether oxygens (including phenoxy) is 1. The Hall–Kier alpha value is -1.01. The lowest BCUT2D eigenvalue weighted by Gasteiger charge is -2.09. The second-order valence-electron chi connectivity index (χ2n) is 2.91. The molecule has 0 amide bonds. The lowest BCUT2D eigenvalue weighted by atomic mass is 10.4. The summed E-state index contributed by atoms with van der Waals surface area (Å²) < 4.78 is 9.46. The highest BCUT2D eigenvalue weighted by Crippen LogP contribution is 2.12. The minimum absolute atomic E-state index is 0.352. The van der Waals surface area contributed by atoms with Crippen LogP contribution in [-0.4, -0.2) is 29.5 Å². The van der Waals surface area contributed by atoms with Gasteiger partial charge in [-0.15, -0.1) is 0 Å². The number of carbonyl (C=O) groups is 1. The number of nitrogens with two attached hydrogens (primary N) is 1. The summed E-state index contributed by atoms with van der Waals surface area (Å²) in [5.41, 5.74) is 6.59. The van der Waals surface area contributed by atoms with Crippen LogP contribution in [0.1, 0.15) is 12.5 Å². The van der Waals surface area contributed by atoms with Crippen molar-refractivity contribution < 1.29 is 14.1 Å². The summed E-state index contributed by atoms with van der Waals surface area (Å²) in [4.78, 5) is 11.1. The second-order valence-corrected chi connectivity index (χ2v) is 3.94. The predicted molar refractivity (Wildman–Crippen MR) is 57.3 cm³/mol. The van der Waals surface area contributed by atoms with Crippen LogP contribution in [0.15, 0.2) is 17.0 Å². The molecule has 0 fully saturated rings. The third kappa shape index (κ3) is 4.35. The van der Waals surface area contributed by atoms with Gasteiger partial charge in [-0.1, -0.05) is 5.16 Å². The summed E-state index contributed by atoms with van der Waals surface area (Å²) in [6.45, 7) is 2.12. The van der Waals surface area contributed by atoms with Crippen LogP contribution in [0.5, 0.6) is 0 Å². The van der Waals surface area contributed by atoms with Crippen LogP contribution in [0.4, 0.5) is 0 Å². The van der Waals surface area contributed by atoms with E-state index in [0.717, 1.165) is 11.3 Å². The fourth-order valence-electron chi connectivity index (χ4n) is 0.919. The Labute approximate surface area is 92.3 Å². The van der Waals surface area contributed by atoms with Crippen molar-refractivity contribution in [3.05, 3.63) is 18.0 Å². The van der Waals surface area contributed by atoms with Crippen LogP contribution in [0.2, 0.25) is 0 Å². The minimum atomic E-state index is -0.560. The first kappa shape index (κ1) is 12.1. The van der Waals surface area contributed by atoms with Gasteiger partial charge in [-0.3, -0.25) is 4.79 Å². The van der Waals surface area contributed by atoms with Crippen LogP contribution in [0.25, 0.3) is 0 Å². The van der Waals surface area contributed by atoms with E-state index in [1.807, 2.05) is 0 Å². The second kappa shape index (κ2) is 6.47. The number of thioether (sulfide) groups is 1. The van der Waals surface area contributed by atoms with Crippen LogP contribution in [-0.2, 0) is 15.3 Å². The molecule has 1 aromatic heterocycles. The topological polar surface area (TPSA) is 78.4 Å². The molecule has 0 spiro atoms. The molecule has 2 N–H and O–H groups in total. The maximum absolute atomic E-state index is 11.1. The highest BCUT2D eigenvalue weighted by Gasteiger charge is 2.14. The molecule has 6 heteroatoms. The van der Waals surface area contributed by atoms with E-state index < -0.39 is 6.04 Å². The number of hydrogen-bond acceptors (Lipinski definition) is 6. The predicted octanol–water partition coefficient (Wildman–Crippen LogP) is 0.798. The maximum atomic E-state index is 11.1. The SMILES string of the molecule is CCOC(=O)C(N)CSCc1cnoc1. The molecule has 1 heterocycles. The summed E-state index contributed by atoms with van der Waals surface area (Å²) in [6.07, 6.45) is 3.21. The van der Waals surface area contributed by atoms with Crippen molar-refractivity contribution in [2.45, 2.75) is 18.7 Å². The molecule has 84 valence electrons. The van der Waals surface area contributed by atoms with Gasteiger partial charge in [0.25, 0.3) is 0 Å². The van der Waals surface area contributed by atoms with Crippen molar-refractivity contribution in [2.75, 3.05) is 12.4 Å². The van der Waals surface area contributed by atoms with E-state index in [1.54, 1.807) is 31.1 Å². The van der Waals surface area contributed by atoms with Gasteiger partial charge in [-0.05, 0) is 6.92 Å². The van der Waals surface area contributed by atoms with E-state index in [-0.39, 0.29) is 5.97 Å². The van der Waals surface area contributed by atoms with Crippen molar-refractivity contribution in [1.82, 2.24) is 5.16 Å². The Morgan fingerprint density at radius 2 is 2.60 bits per heavy atom.